The van der Waals surface area contributed by atoms with Gasteiger partial charge < -0.3 is 10.2 Å². The molecule has 1 fully saturated rings. The largest absolute Gasteiger partial charge is 0.503 e. The molecule has 0 spiro atoms. The number of hydrogen-bond acceptors (Lipinski definition) is 1. The van der Waals surface area contributed by atoms with Crippen LogP contribution in [0.1, 0.15) is 58.1 Å². The standard InChI is InChI=1S/C15H22.CH2O3/c1-14(2,3)12-8-6-11(7-9-12)13-10-15(13,4)5;2-1(3)4/h6-9,13H,10H2,1-5H3;(H2,2,3,4). The van der Waals surface area contributed by atoms with Crippen molar-refractivity contribution >= 4 is 6.16 Å². The van der Waals surface area contributed by atoms with Gasteiger partial charge in [0.2, 0.25) is 0 Å². The average molecular weight is 264 g/mol. The van der Waals surface area contributed by atoms with Gasteiger partial charge in [-0.1, -0.05) is 58.9 Å². The Labute approximate surface area is 115 Å². The predicted octanol–water partition coefficient (Wildman–Crippen LogP) is 4.72. The van der Waals surface area contributed by atoms with E-state index < -0.39 is 6.16 Å². The lowest BCUT2D eigenvalue weighted by molar-refractivity contribution is 0.137. The quantitative estimate of drug-likeness (QED) is 0.771. The van der Waals surface area contributed by atoms with Crippen LogP contribution < -0.4 is 0 Å². The minimum Gasteiger partial charge on any atom is -0.450 e. The topological polar surface area (TPSA) is 57.5 Å². The molecule has 0 amide bonds. The Hall–Kier alpha value is -1.51. The summed E-state index contributed by atoms with van der Waals surface area (Å²) >= 11 is 0. The van der Waals surface area contributed by atoms with Crippen LogP contribution in [0.25, 0.3) is 0 Å². The van der Waals surface area contributed by atoms with E-state index in [1.165, 1.54) is 17.5 Å². The van der Waals surface area contributed by atoms with E-state index in [-0.39, 0.29) is 5.41 Å². The fourth-order valence-corrected chi connectivity index (χ4v) is 2.25. The highest BCUT2D eigenvalue weighted by atomic mass is 16.6. The molecule has 1 aliphatic carbocycles. The third-order valence-corrected chi connectivity index (χ3v) is 3.69. The zero-order chi connectivity index (χ0) is 14.8. The van der Waals surface area contributed by atoms with Crippen LogP contribution in [-0.2, 0) is 5.41 Å². The second-order valence-corrected chi connectivity index (χ2v) is 6.90. The highest BCUT2D eigenvalue weighted by molar-refractivity contribution is 5.53. The molecule has 1 aromatic rings. The fourth-order valence-electron chi connectivity index (χ4n) is 2.25. The van der Waals surface area contributed by atoms with E-state index in [4.69, 9.17) is 15.0 Å². The van der Waals surface area contributed by atoms with E-state index >= 15 is 0 Å². The van der Waals surface area contributed by atoms with Gasteiger partial charge in [-0.25, -0.2) is 4.79 Å². The summed E-state index contributed by atoms with van der Waals surface area (Å²) in [5.41, 5.74) is 3.78. The summed E-state index contributed by atoms with van der Waals surface area (Å²) < 4.78 is 0. The summed E-state index contributed by atoms with van der Waals surface area (Å²) in [5, 5.41) is 13.9. The Morgan fingerprint density at radius 2 is 1.53 bits per heavy atom. The first-order chi connectivity index (χ1) is 8.54. The van der Waals surface area contributed by atoms with Crippen LogP contribution >= 0.6 is 0 Å². The number of benzene rings is 1. The molecule has 0 bridgehead atoms. The zero-order valence-electron chi connectivity index (χ0n) is 12.4. The van der Waals surface area contributed by atoms with Gasteiger partial charge in [-0.2, -0.15) is 0 Å². The lowest BCUT2D eigenvalue weighted by Gasteiger charge is -2.19. The van der Waals surface area contributed by atoms with Crippen molar-refractivity contribution in [3.63, 3.8) is 0 Å². The van der Waals surface area contributed by atoms with Crippen LogP contribution in [0.3, 0.4) is 0 Å². The maximum atomic E-state index is 8.56. The second kappa shape index (κ2) is 5.24. The van der Waals surface area contributed by atoms with Gasteiger partial charge >= 0.3 is 6.16 Å². The van der Waals surface area contributed by atoms with Crippen LogP contribution in [-0.4, -0.2) is 16.4 Å². The zero-order valence-corrected chi connectivity index (χ0v) is 12.4. The van der Waals surface area contributed by atoms with Gasteiger partial charge in [0, 0.05) is 0 Å². The SMILES string of the molecule is CC(C)(C)c1ccc(C2CC2(C)C)cc1.O=C(O)O. The molecule has 1 saturated carbocycles. The van der Waals surface area contributed by atoms with Crippen molar-refractivity contribution in [3.8, 4) is 0 Å². The minimum atomic E-state index is -1.83. The monoisotopic (exact) mass is 264 g/mol. The van der Waals surface area contributed by atoms with Gasteiger partial charge in [0.15, 0.2) is 0 Å². The number of carboxylic acid groups (broad SMARTS) is 2. The first-order valence-electron chi connectivity index (χ1n) is 6.56. The molecule has 0 radical (unpaired) electrons. The molecule has 1 aromatic carbocycles. The van der Waals surface area contributed by atoms with Gasteiger partial charge in [0.25, 0.3) is 0 Å². The van der Waals surface area contributed by atoms with Crippen molar-refractivity contribution in [2.45, 2.75) is 52.4 Å². The smallest absolute Gasteiger partial charge is 0.450 e. The molecule has 0 heterocycles. The molecule has 3 nitrogen and oxygen atoms in total. The van der Waals surface area contributed by atoms with E-state index in [0.29, 0.717) is 5.41 Å². The van der Waals surface area contributed by atoms with Crippen LogP contribution in [0.4, 0.5) is 4.79 Å². The predicted molar refractivity (Wildman–Crippen MR) is 76.9 cm³/mol. The normalized spacial score (nSPS) is 20.2. The van der Waals surface area contributed by atoms with Crippen molar-refractivity contribution in [1.29, 1.82) is 0 Å². The first kappa shape index (κ1) is 15.5. The summed E-state index contributed by atoms with van der Waals surface area (Å²) in [7, 11) is 0. The van der Waals surface area contributed by atoms with Crippen molar-refractivity contribution in [1.82, 2.24) is 0 Å². The number of hydrogen-bond donors (Lipinski definition) is 2. The van der Waals surface area contributed by atoms with E-state index in [9.17, 15) is 0 Å². The molecule has 1 unspecified atom stereocenters. The van der Waals surface area contributed by atoms with Crippen molar-refractivity contribution < 1.29 is 15.0 Å². The summed E-state index contributed by atoms with van der Waals surface area (Å²) in [6, 6.07) is 9.23. The Kier molecular flexibility index (Phi) is 4.28. The molecule has 19 heavy (non-hydrogen) atoms. The summed E-state index contributed by atoms with van der Waals surface area (Å²) in [4.78, 5) is 8.56. The molecule has 3 heteroatoms. The lowest BCUT2D eigenvalue weighted by atomic mass is 9.86. The summed E-state index contributed by atoms with van der Waals surface area (Å²) in [5.74, 6) is 0.798. The Balaban J connectivity index is 0.000000399. The Morgan fingerprint density at radius 1 is 1.16 bits per heavy atom. The van der Waals surface area contributed by atoms with Crippen LogP contribution in [0.2, 0.25) is 0 Å². The molecule has 2 N–H and O–H groups in total. The molecule has 0 aliphatic heterocycles. The number of carbonyl (C=O) groups is 1. The van der Waals surface area contributed by atoms with Crippen molar-refractivity contribution in [2.75, 3.05) is 0 Å². The molecule has 2 rings (SSSR count). The molecular formula is C16H24O3. The average Bonchev–Trinajstić information content (AvgIpc) is 2.86. The molecule has 0 aromatic heterocycles. The van der Waals surface area contributed by atoms with Crippen LogP contribution in [0.15, 0.2) is 24.3 Å². The van der Waals surface area contributed by atoms with Crippen LogP contribution in [0.5, 0.6) is 0 Å². The minimum absolute atomic E-state index is 0.275. The van der Waals surface area contributed by atoms with E-state index in [1.54, 1.807) is 0 Å². The maximum Gasteiger partial charge on any atom is 0.503 e. The molecule has 0 saturated heterocycles. The van der Waals surface area contributed by atoms with Crippen molar-refractivity contribution in [3.05, 3.63) is 35.4 Å². The van der Waals surface area contributed by atoms with Gasteiger partial charge in [-0.3, -0.25) is 0 Å². The molecular weight excluding hydrogens is 240 g/mol. The van der Waals surface area contributed by atoms with Gasteiger partial charge in [-0.05, 0) is 34.3 Å². The number of rotatable bonds is 1. The Morgan fingerprint density at radius 3 is 1.79 bits per heavy atom. The molecule has 1 atom stereocenters. The van der Waals surface area contributed by atoms with Crippen molar-refractivity contribution in [2.24, 2.45) is 5.41 Å². The molecule has 106 valence electrons. The third kappa shape index (κ3) is 4.58. The lowest BCUT2D eigenvalue weighted by Crippen LogP contribution is -2.10. The maximum absolute atomic E-state index is 8.56. The van der Waals surface area contributed by atoms with E-state index in [0.717, 1.165) is 5.92 Å². The fraction of sp³-hybridized carbons (Fsp3) is 0.562. The highest BCUT2D eigenvalue weighted by Gasteiger charge is 2.46. The van der Waals surface area contributed by atoms with Gasteiger partial charge in [-0.15, -0.1) is 0 Å². The summed E-state index contributed by atoms with van der Waals surface area (Å²) in [6.45, 7) is 11.5. The first-order valence-corrected chi connectivity index (χ1v) is 6.56. The highest BCUT2D eigenvalue weighted by Crippen LogP contribution is 2.58. The van der Waals surface area contributed by atoms with Crippen LogP contribution in [0, 0.1) is 5.41 Å². The Bertz CT molecular complexity index is 434. The molecule has 1 aliphatic rings. The second-order valence-electron chi connectivity index (χ2n) is 6.90. The third-order valence-electron chi connectivity index (χ3n) is 3.69. The van der Waals surface area contributed by atoms with Gasteiger partial charge in [0.05, 0.1) is 0 Å². The van der Waals surface area contributed by atoms with E-state index in [1.807, 2.05) is 0 Å². The van der Waals surface area contributed by atoms with E-state index in [2.05, 4.69) is 58.9 Å². The van der Waals surface area contributed by atoms with Gasteiger partial charge in [0.1, 0.15) is 0 Å². The summed E-state index contributed by atoms with van der Waals surface area (Å²) in [6.07, 6.45) is -0.484.